The Kier molecular flexibility index (Phi) is 5.36. The first-order chi connectivity index (χ1) is 8.38. The molecule has 2 N–H and O–H groups in total. The van der Waals surface area contributed by atoms with E-state index in [0.29, 0.717) is 0 Å². The number of halogens is 4. The van der Waals surface area contributed by atoms with E-state index in [4.69, 9.17) is 9.84 Å². The Morgan fingerprint density at radius 3 is 2.72 bits per heavy atom. The number of alkyl halides is 3. The second-order valence-corrected chi connectivity index (χ2v) is 4.44. The zero-order valence-corrected chi connectivity index (χ0v) is 11.0. The summed E-state index contributed by atoms with van der Waals surface area (Å²) in [4.78, 5) is 3.67. The molecule has 1 rings (SSSR count). The molecule has 0 spiro atoms. The summed E-state index contributed by atoms with van der Waals surface area (Å²) in [5.41, 5.74) is -0.897. The van der Waals surface area contributed by atoms with Gasteiger partial charge in [-0.3, -0.25) is 0 Å². The van der Waals surface area contributed by atoms with Crippen LogP contribution in [0.2, 0.25) is 0 Å². The highest BCUT2D eigenvalue weighted by Gasteiger charge is 2.35. The molecule has 1 atom stereocenters. The third kappa shape index (κ3) is 4.11. The molecule has 0 aliphatic heterocycles. The van der Waals surface area contributed by atoms with E-state index in [2.05, 4.69) is 26.2 Å². The summed E-state index contributed by atoms with van der Waals surface area (Å²) in [5.74, 6) is -0.332. The molecule has 0 bridgehead atoms. The molecule has 4 nitrogen and oxygen atoms in total. The van der Waals surface area contributed by atoms with Gasteiger partial charge in [0.15, 0.2) is 0 Å². The minimum absolute atomic E-state index is 0.0749. The summed E-state index contributed by atoms with van der Waals surface area (Å²) in [7, 11) is 1.39. The van der Waals surface area contributed by atoms with Crippen LogP contribution in [0.25, 0.3) is 0 Å². The lowest BCUT2D eigenvalue weighted by Crippen LogP contribution is -2.30. The molecule has 0 radical (unpaired) electrons. The molecule has 18 heavy (non-hydrogen) atoms. The topological polar surface area (TPSA) is 54.4 Å². The summed E-state index contributed by atoms with van der Waals surface area (Å²) >= 11 is 2.94. The number of aliphatic hydroxyl groups is 1. The van der Waals surface area contributed by atoms with Crippen molar-refractivity contribution in [2.75, 3.05) is 25.6 Å². The quantitative estimate of drug-likeness (QED) is 0.870. The third-order valence-corrected chi connectivity index (χ3v) is 2.52. The van der Waals surface area contributed by atoms with Gasteiger partial charge in [-0.25, -0.2) is 4.98 Å². The summed E-state index contributed by atoms with van der Waals surface area (Å²) in [6, 6.07) is 0.279. The molecule has 8 heteroatoms. The molecule has 0 aliphatic rings. The first-order valence-electron chi connectivity index (χ1n) is 4.97. The van der Waals surface area contributed by atoms with Gasteiger partial charge < -0.3 is 15.2 Å². The largest absolute Gasteiger partial charge is 0.419 e. The van der Waals surface area contributed by atoms with Crippen LogP contribution in [-0.4, -0.2) is 36.5 Å². The Hall–Kier alpha value is -0.860. The highest BCUT2D eigenvalue weighted by molar-refractivity contribution is 9.10. The maximum absolute atomic E-state index is 12.8. The van der Waals surface area contributed by atoms with E-state index in [-0.39, 0.29) is 23.5 Å². The number of aliphatic hydroxyl groups excluding tert-OH is 1. The molecular weight excluding hydrogens is 317 g/mol. The van der Waals surface area contributed by atoms with Crippen molar-refractivity contribution < 1.29 is 23.0 Å². The van der Waals surface area contributed by atoms with Gasteiger partial charge in [0, 0.05) is 17.8 Å². The van der Waals surface area contributed by atoms with Crippen molar-refractivity contribution >= 4 is 21.7 Å². The lowest BCUT2D eigenvalue weighted by Gasteiger charge is -2.19. The van der Waals surface area contributed by atoms with Gasteiger partial charge in [-0.1, -0.05) is 0 Å². The van der Waals surface area contributed by atoms with Gasteiger partial charge >= 0.3 is 6.18 Å². The average Bonchev–Trinajstić information content (AvgIpc) is 2.29. The minimum Gasteiger partial charge on any atom is -0.394 e. The second-order valence-electron chi connectivity index (χ2n) is 3.53. The first-order valence-corrected chi connectivity index (χ1v) is 5.77. The van der Waals surface area contributed by atoms with Crippen molar-refractivity contribution in [3.05, 3.63) is 22.3 Å². The van der Waals surface area contributed by atoms with E-state index in [1.54, 1.807) is 0 Å². The van der Waals surface area contributed by atoms with Crippen molar-refractivity contribution in [3.8, 4) is 0 Å². The Bertz CT molecular complexity index is 401. The number of hydrogen-bond donors (Lipinski definition) is 2. The van der Waals surface area contributed by atoms with Gasteiger partial charge in [0.25, 0.3) is 0 Å². The second kappa shape index (κ2) is 6.35. The first kappa shape index (κ1) is 15.2. The number of nitrogens with one attached hydrogen (secondary N) is 1. The van der Waals surface area contributed by atoms with Crippen LogP contribution in [-0.2, 0) is 10.9 Å². The standard InChI is InChI=1S/C10H12BrF3N2O2/c1-18-5-7(4-17)16-9-8(10(12,13)14)2-6(11)3-15-9/h2-3,7,17H,4-5H2,1H3,(H,15,16). The van der Waals surface area contributed by atoms with Gasteiger partial charge in [0.2, 0.25) is 0 Å². The van der Waals surface area contributed by atoms with Crippen LogP contribution in [0.4, 0.5) is 19.0 Å². The number of hydrogen-bond acceptors (Lipinski definition) is 4. The number of nitrogens with zero attached hydrogens (tertiary/aromatic N) is 1. The fourth-order valence-electron chi connectivity index (χ4n) is 1.30. The Morgan fingerprint density at radius 2 is 2.22 bits per heavy atom. The van der Waals surface area contributed by atoms with Gasteiger partial charge in [-0.2, -0.15) is 13.2 Å². The lowest BCUT2D eigenvalue weighted by molar-refractivity contribution is -0.137. The zero-order chi connectivity index (χ0) is 13.8. The Morgan fingerprint density at radius 1 is 1.56 bits per heavy atom. The summed E-state index contributed by atoms with van der Waals surface area (Å²) in [6.07, 6.45) is -3.27. The maximum atomic E-state index is 12.8. The number of rotatable bonds is 5. The molecule has 1 aromatic heterocycles. The SMILES string of the molecule is COCC(CO)Nc1ncc(Br)cc1C(F)(F)F. The number of aromatic nitrogens is 1. The van der Waals surface area contributed by atoms with Crippen LogP contribution >= 0.6 is 15.9 Å². The van der Waals surface area contributed by atoms with Crippen molar-refractivity contribution in [1.82, 2.24) is 4.98 Å². The zero-order valence-electron chi connectivity index (χ0n) is 9.46. The monoisotopic (exact) mass is 328 g/mol. The fraction of sp³-hybridized carbons (Fsp3) is 0.500. The van der Waals surface area contributed by atoms with Crippen LogP contribution in [0.3, 0.4) is 0 Å². The molecule has 1 heterocycles. The molecule has 1 aromatic rings. The van der Waals surface area contributed by atoms with E-state index in [0.717, 1.165) is 6.07 Å². The summed E-state index contributed by atoms with van der Waals surface area (Å²) < 4.78 is 43.3. The van der Waals surface area contributed by atoms with Gasteiger partial charge in [0.1, 0.15) is 5.82 Å². The van der Waals surface area contributed by atoms with E-state index in [9.17, 15) is 13.2 Å². The minimum atomic E-state index is -4.52. The summed E-state index contributed by atoms with van der Waals surface area (Å²) in [6.45, 7) is -0.283. The normalized spacial score (nSPS) is 13.4. The van der Waals surface area contributed by atoms with Crippen molar-refractivity contribution in [1.29, 1.82) is 0 Å². The van der Waals surface area contributed by atoms with Crippen LogP contribution in [0.5, 0.6) is 0 Å². The molecule has 102 valence electrons. The van der Waals surface area contributed by atoms with E-state index >= 15 is 0 Å². The number of anilines is 1. The predicted molar refractivity (Wildman–Crippen MR) is 63.3 cm³/mol. The van der Waals surface area contributed by atoms with E-state index < -0.39 is 17.8 Å². The lowest BCUT2D eigenvalue weighted by atomic mass is 10.2. The molecule has 0 aliphatic carbocycles. The highest BCUT2D eigenvalue weighted by atomic mass is 79.9. The van der Waals surface area contributed by atoms with Gasteiger partial charge in [0.05, 0.1) is 24.8 Å². The molecular formula is C10H12BrF3N2O2. The van der Waals surface area contributed by atoms with Crippen molar-refractivity contribution in [3.63, 3.8) is 0 Å². The molecule has 1 unspecified atom stereocenters. The highest BCUT2D eigenvalue weighted by Crippen LogP contribution is 2.35. The number of pyridine rings is 1. The van der Waals surface area contributed by atoms with Crippen molar-refractivity contribution in [2.24, 2.45) is 0 Å². The van der Waals surface area contributed by atoms with Crippen molar-refractivity contribution in [2.45, 2.75) is 12.2 Å². The Balaban J connectivity index is 3.01. The molecule has 0 fully saturated rings. The number of ether oxygens (including phenoxy) is 1. The van der Waals surface area contributed by atoms with Gasteiger partial charge in [-0.15, -0.1) is 0 Å². The van der Waals surface area contributed by atoms with Crippen LogP contribution in [0.15, 0.2) is 16.7 Å². The van der Waals surface area contributed by atoms with E-state index in [1.165, 1.54) is 13.3 Å². The van der Waals surface area contributed by atoms with Gasteiger partial charge in [-0.05, 0) is 22.0 Å². The van der Waals surface area contributed by atoms with Crippen LogP contribution in [0.1, 0.15) is 5.56 Å². The molecule has 0 aromatic carbocycles. The molecule has 0 amide bonds. The maximum Gasteiger partial charge on any atom is 0.419 e. The predicted octanol–water partition coefficient (Wildman–Crippen LogP) is 2.28. The Labute approximate surface area is 110 Å². The molecule has 0 saturated carbocycles. The third-order valence-electron chi connectivity index (χ3n) is 2.09. The van der Waals surface area contributed by atoms with Crippen LogP contribution < -0.4 is 5.32 Å². The molecule has 0 saturated heterocycles. The van der Waals surface area contributed by atoms with E-state index in [1.807, 2.05) is 0 Å². The summed E-state index contributed by atoms with van der Waals surface area (Å²) in [5, 5.41) is 11.5. The van der Waals surface area contributed by atoms with Crippen LogP contribution in [0, 0.1) is 0 Å². The average molecular weight is 329 g/mol. The number of methoxy groups -OCH3 is 1. The fourth-order valence-corrected chi connectivity index (χ4v) is 1.64. The smallest absolute Gasteiger partial charge is 0.394 e.